The Hall–Kier alpha value is -3.78. The van der Waals surface area contributed by atoms with Crippen LogP contribution in [0.4, 0.5) is 21.7 Å². The number of primary amides is 1. The highest BCUT2D eigenvalue weighted by atomic mass is 19.1. The van der Waals surface area contributed by atoms with E-state index in [4.69, 9.17) is 11.5 Å². The first-order chi connectivity index (χ1) is 14.5. The lowest BCUT2D eigenvalue weighted by Crippen LogP contribution is -2.18. The molecule has 8 heteroatoms. The van der Waals surface area contributed by atoms with E-state index in [-0.39, 0.29) is 35.9 Å². The molecule has 0 saturated heterocycles. The zero-order valence-electron chi connectivity index (χ0n) is 16.2. The van der Waals surface area contributed by atoms with Crippen molar-refractivity contribution >= 4 is 29.0 Å². The van der Waals surface area contributed by atoms with Crippen LogP contribution < -0.4 is 22.1 Å². The Morgan fingerprint density at radius 1 is 1.00 bits per heavy atom. The number of amides is 1. The van der Waals surface area contributed by atoms with Gasteiger partial charge in [0.05, 0.1) is 5.56 Å². The number of hydrogen-bond acceptors (Lipinski definition) is 6. The van der Waals surface area contributed by atoms with E-state index >= 15 is 0 Å². The van der Waals surface area contributed by atoms with Gasteiger partial charge in [-0.25, -0.2) is 9.37 Å². The minimum absolute atomic E-state index is 0.0516. The van der Waals surface area contributed by atoms with Crippen LogP contribution in [0.2, 0.25) is 0 Å². The number of ketones is 1. The van der Waals surface area contributed by atoms with Crippen LogP contribution >= 0.6 is 0 Å². The lowest BCUT2D eigenvalue weighted by atomic mass is 10.0. The van der Waals surface area contributed by atoms with Crippen molar-refractivity contribution in [2.45, 2.75) is 6.42 Å². The first-order valence-corrected chi connectivity index (χ1v) is 9.36. The van der Waals surface area contributed by atoms with Crippen LogP contribution in [-0.4, -0.2) is 29.8 Å². The summed E-state index contributed by atoms with van der Waals surface area (Å²) in [7, 11) is 0. The quantitative estimate of drug-likeness (QED) is 0.405. The summed E-state index contributed by atoms with van der Waals surface area (Å²) in [4.78, 5) is 28.5. The number of benzene rings is 2. The standard InChI is InChI=1S/C22H22FN5O2/c23-18-13-17(20(25)30)21(28-22(18)26-10-9-24)27-16-8-4-7-15(12-16)19(29)11-14-5-2-1-3-6-14/h1-8,12-13H,9-11,24H2,(H2,25,30)(H2,26,27,28). The van der Waals surface area contributed by atoms with Crippen molar-refractivity contribution in [2.75, 3.05) is 23.7 Å². The van der Waals surface area contributed by atoms with Crippen molar-refractivity contribution in [3.8, 4) is 0 Å². The van der Waals surface area contributed by atoms with E-state index in [1.54, 1.807) is 24.3 Å². The van der Waals surface area contributed by atoms with Crippen LogP contribution in [0.25, 0.3) is 0 Å². The molecule has 2 aromatic carbocycles. The average Bonchev–Trinajstić information content (AvgIpc) is 2.74. The lowest BCUT2D eigenvalue weighted by molar-refractivity contribution is 0.0987. The number of rotatable bonds is 9. The Kier molecular flexibility index (Phi) is 6.71. The molecular formula is C22H22FN5O2. The summed E-state index contributed by atoms with van der Waals surface area (Å²) in [5.41, 5.74) is 12.6. The van der Waals surface area contributed by atoms with E-state index in [9.17, 15) is 14.0 Å². The molecule has 6 N–H and O–H groups in total. The number of anilines is 3. The smallest absolute Gasteiger partial charge is 0.252 e. The molecule has 7 nitrogen and oxygen atoms in total. The number of aromatic nitrogens is 1. The maximum absolute atomic E-state index is 14.2. The summed E-state index contributed by atoms with van der Waals surface area (Å²) >= 11 is 0. The summed E-state index contributed by atoms with van der Waals surface area (Å²) < 4.78 is 14.2. The highest BCUT2D eigenvalue weighted by Gasteiger charge is 2.16. The van der Waals surface area contributed by atoms with Gasteiger partial charge in [-0.05, 0) is 23.8 Å². The molecule has 1 heterocycles. The highest BCUT2D eigenvalue weighted by Crippen LogP contribution is 2.24. The molecule has 1 amide bonds. The molecule has 0 aliphatic rings. The SMILES string of the molecule is NCCNc1nc(Nc2cccc(C(=O)Cc3ccccc3)c2)c(C(N)=O)cc1F. The maximum atomic E-state index is 14.2. The molecule has 0 aliphatic heterocycles. The molecule has 154 valence electrons. The molecule has 0 saturated carbocycles. The molecule has 0 atom stereocenters. The van der Waals surface area contributed by atoms with Gasteiger partial charge in [-0.1, -0.05) is 42.5 Å². The molecule has 1 aromatic heterocycles. The van der Waals surface area contributed by atoms with Gasteiger partial charge >= 0.3 is 0 Å². The molecule has 30 heavy (non-hydrogen) atoms. The van der Waals surface area contributed by atoms with Gasteiger partial charge in [0.2, 0.25) is 0 Å². The average molecular weight is 407 g/mol. The van der Waals surface area contributed by atoms with Crippen LogP contribution in [0.3, 0.4) is 0 Å². The van der Waals surface area contributed by atoms with Crippen LogP contribution in [0.1, 0.15) is 26.3 Å². The summed E-state index contributed by atoms with van der Waals surface area (Å²) in [5, 5.41) is 5.71. The minimum Gasteiger partial charge on any atom is -0.366 e. The number of nitrogens with two attached hydrogens (primary N) is 2. The first kappa shape index (κ1) is 20.9. The van der Waals surface area contributed by atoms with Gasteiger partial charge in [-0.2, -0.15) is 0 Å². The van der Waals surface area contributed by atoms with Gasteiger partial charge in [0.1, 0.15) is 5.82 Å². The molecule has 0 aliphatic carbocycles. The summed E-state index contributed by atoms with van der Waals surface area (Å²) in [6.07, 6.45) is 0.263. The van der Waals surface area contributed by atoms with Gasteiger partial charge in [-0.15, -0.1) is 0 Å². The lowest BCUT2D eigenvalue weighted by Gasteiger charge is -2.13. The molecule has 0 spiro atoms. The van der Waals surface area contributed by atoms with Gasteiger partial charge < -0.3 is 22.1 Å². The summed E-state index contributed by atoms with van der Waals surface area (Å²) in [6.45, 7) is 0.593. The third kappa shape index (κ3) is 5.18. The molecule has 3 rings (SSSR count). The number of halogens is 1. The minimum atomic E-state index is -0.828. The van der Waals surface area contributed by atoms with Crippen molar-refractivity contribution in [2.24, 2.45) is 11.5 Å². The second kappa shape index (κ2) is 9.62. The topological polar surface area (TPSA) is 123 Å². The largest absolute Gasteiger partial charge is 0.366 e. The molecule has 3 aromatic rings. The Morgan fingerprint density at radius 2 is 1.77 bits per heavy atom. The maximum Gasteiger partial charge on any atom is 0.252 e. The number of carbonyl (C=O) groups excluding carboxylic acids is 2. The molecular weight excluding hydrogens is 385 g/mol. The second-order valence-electron chi connectivity index (χ2n) is 6.59. The van der Waals surface area contributed by atoms with E-state index in [0.29, 0.717) is 17.8 Å². The number of nitrogens with one attached hydrogen (secondary N) is 2. The fraction of sp³-hybridized carbons (Fsp3) is 0.136. The first-order valence-electron chi connectivity index (χ1n) is 9.36. The van der Waals surface area contributed by atoms with E-state index in [1.165, 1.54) is 0 Å². The molecule has 0 bridgehead atoms. The molecule has 0 unspecified atom stereocenters. The van der Waals surface area contributed by atoms with E-state index in [0.717, 1.165) is 11.6 Å². The Morgan fingerprint density at radius 3 is 2.47 bits per heavy atom. The fourth-order valence-corrected chi connectivity index (χ4v) is 2.88. The molecule has 0 radical (unpaired) electrons. The van der Waals surface area contributed by atoms with Crippen LogP contribution in [0, 0.1) is 5.82 Å². The molecule has 0 fully saturated rings. The fourth-order valence-electron chi connectivity index (χ4n) is 2.88. The van der Waals surface area contributed by atoms with Gasteiger partial charge in [-0.3, -0.25) is 9.59 Å². The number of pyridine rings is 1. The number of hydrogen-bond donors (Lipinski definition) is 4. The highest BCUT2D eigenvalue weighted by molar-refractivity contribution is 6.00. The van der Waals surface area contributed by atoms with Crippen LogP contribution in [-0.2, 0) is 6.42 Å². The zero-order valence-corrected chi connectivity index (χ0v) is 16.2. The van der Waals surface area contributed by atoms with E-state index in [1.807, 2.05) is 30.3 Å². The van der Waals surface area contributed by atoms with Crippen LogP contribution in [0.5, 0.6) is 0 Å². The second-order valence-corrected chi connectivity index (χ2v) is 6.59. The Labute approximate surface area is 173 Å². The van der Waals surface area contributed by atoms with Crippen molar-refractivity contribution in [1.29, 1.82) is 0 Å². The normalized spacial score (nSPS) is 10.5. The number of nitrogens with zero attached hydrogens (tertiary/aromatic N) is 1. The third-order valence-electron chi connectivity index (χ3n) is 4.33. The number of Topliss-reactive ketones (excluding diaryl/α,β-unsaturated/α-hetero) is 1. The zero-order chi connectivity index (χ0) is 21.5. The van der Waals surface area contributed by atoms with Gasteiger partial charge in [0.25, 0.3) is 5.91 Å². The van der Waals surface area contributed by atoms with E-state index in [2.05, 4.69) is 15.6 Å². The monoisotopic (exact) mass is 407 g/mol. The predicted octanol–water partition coefficient (Wildman–Crippen LogP) is 2.86. The van der Waals surface area contributed by atoms with Crippen molar-refractivity contribution in [3.63, 3.8) is 0 Å². The van der Waals surface area contributed by atoms with E-state index < -0.39 is 11.7 Å². The van der Waals surface area contributed by atoms with Crippen molar-refractivity contribution in [3.05, 3.63) is 83.2 Å². The Bertz CT molecular complexity index is 1060. The van der Waals surface area contributed by atoms with Crippen LogP contribution in [0.15, 0.2) is 60.7 Å². The summed E-state index contributed by atoms with van der Waals surface area (Å²) in [6, 6.07) is 17.2. The number of carbonyl (C=O) groups is 2. The predicted molar refractivity (Wildman–Crippen MR) is 114 cm³/mol. The third-order valence-corrected chi connectivity index (χ3v) is 4.33. The Balaban J connectivity index is 1.86. The van der Waals surface area contributed by atoms with Crippen molar-refractivity contribution in [1.82, 2.24) is 4.98 Å². The van der Waals surface area contributed by atoms with Gasteiger partial charge in [0.15, 0.2) is 17.4 Å². The van der Waals surface area contributed by atoms with Crippen molar-refractivity contribution < 1.29 is 14.0 Å². The summed E-state index contributed by atoms with van der Waals surface area (Å²) in [5.74, 6) is -1.57. The van der Waals surface area contributed by atoms with Gasteiger partial charge in [0, 0.05) is 30.8 Å².